The molecule has 3 heteroatoms. The highest BCUT2D eigenvalue weighted by Crippen LogP contribution is 2.18. The number of carbonyl (C=O) groups is 2. The Hall–Kier alpha value is -0.960. The lowest BCUT2D eigenvalue weighted by atomic mass is 10.2. The van der Waals surface area contributed by atoms with Crippen molar-refractivity contribution in [3.63, 3.8) is 0 Å². The van der Waals surface area contributed by atoms with Gasteiger partial charge < -0.3 is 9.59 Å². The summed E-state index contributed by atoms with van der Waals surface area (Å²) in [6, 6.07) is 9.57. The van der Waals surface area contributed by atoms with Crippen LogP contribution in [-0.2, 0) is 9.59 Å². The third kappa shape index (κ3) is 5.31. The molecule has 1 unspecified atom stereocenters. The Morgan fingerprint density at radius 1 is 1.23 bits per heavy atom. The zero-order valence-corrected chi connectivity index (χ0v) is 8.90. The number of hydrogen-bond acceptors (Lipinski definition) is 2. The summed E-state index contributed by atoms with van der Waals surface area (Å²) in [5.41, 5.74) is 0.998. The van der Waals surface area contributed by atoms with Crippen LogP contribution in [0.2, 0.25) is 0 Å². The molecule has 0 aromatic heterocycles. The van der Waals surface area contributed by atoms with Crippen molar-refractivity contribution in [3.05, 3.63) is 35.9 Å². The molecule has 0 fully saturated rings. The van der Waals surface area contributed by atoms with Crippen LogP contribution >= 0.6 is 15.9 Å². The van der Waals surface area contributed by atoms with Crippen LogP contribution < -0.4 is 0 Å². The Labute approximate surface area is 86.1 Å². The number of rotatable bonds is 2. The van der Waals surface area contributed by atoms with Crippen molar-refractivity contribution < 1.29 is 9.59 Å². The fourth-order valence-corrected chi connectivity index (χ4v) is 1.02. The van der Waals surface area contributed by atoms with Crippen LogP contribution in [0.4, 0.5) is 0 Å². The number of halogens is 1. The van der Waals surface area contributed by atoms with Gasteiger partial charge in [-0.15, -0.1) is 0 Å². The number of carbonyl (C=O) groups excluding carboxylic acids is 2. The van der Waals surface area contributed by atoms with Gasteiger partial charge in [0.25, 0.3) is 0 Å². The molecule has 0 saturated carbocycles. The highest BCUT2D eigenvalue weighted by atomic mass is 79.9. The van der Waals surface area contributed by atoms with Gasteiger partial charge in [-0.3, -0.25) is 0 Å². The van der Waals surface area contributed by atoms with Crippen LogP contribution in [0, 0.1) is 0 Å². The molecule has 0 spiro atoms. The molecule has 2 nitrogen and oxygen atoms in total. The standard InChI is InChI=1S/C8H7BrO.C2H4O/c9-8(6-10)7-4-2-1-3-5-7;1-2-3/h1-6,8H;2H,1H3. The number of aldehydes is 2. The van der Waals surface area contributed by atoms with E-state index in [9.17, 15) is 4.79 Å². The minimum Gasteiger partial charge on any atom is -0.304 e. The van der Waals surface area contributed by atoms with Gasteiger partial charge in [-0.25, -0.2) is 0 Å². The van der Waals surface area contributed by atoms with Gasteiger partial charge in [0, 0.05) is 0 Å². The van der Waals surface area contributed by atoms with Gasteiger partial charge in [0.15, 0.2) is 0 Å². The molecule has 0 N–H and O–H groups in total. The Balaban J connectivity index is 0.000000424. The van der Waals surface area contributed by atoms with Crippen molar-refractivity contribution >= 4 is 28.5 Å². The van der Waals surface area contributed by atoms with Gasteiger partial charge in [0.05, 0.1) is 4.83 Å². The molecule has 13 heavy (non-hydrogen) atoms. The van der Waals surface area contributed by atoms with Crippen LogP contribution in [0.1, 0.15) is 17.3 Å². The molecule has 0 radical (unpaired) electrons. The van der Waals surface area contributed by atoms with Crippen LogP contribution in [0.5, 0.6) is 0 Å². The predicted molar refractivity (Wildman–Crippen MR) is 55.9 cm³/mol. The molecule has 0 amide bonds. The van der Waals surface area contributed by atoms with E-state index >= 15 is 0 Å². The minimum absolute atomic E-state index is 0.159. The number of hydrogen-bond donors (Lipinski definition) is 0. The summed E-state index contributed by atoms with van der Waals surface area (Å²) in [7, 11) is 0. The van der Waals surface area contributed by atoms with E-state index in [2.05, 4.69) is 15.9 Å². The molecule has 0 heterocycles. The zero-order chi connectivity index (χ0) is 10.1. The summed E-state index contributed by atoms with van der Waals surface area (Å²) in [6.45, 7) is 1.44. The van der Waals surface area contributed by atoms with Crippen LogP contribution in [0.3, 0.4) is 0 Å². The molecule has 0 aliphatic heterocycles. The van der Waals surface area contributed by atoms with Gasteiger partial charge in [-0.2, -0.15) is 0 Å². The Bertz CT molecular complexity index is 246. The normalized spacial score (nSPS) is 10.6. The molecule has 1 rings (SSSR count). The summed E-state index contributed by atoms with van der Waals surface area (Å²) in [4.78, 5) is 18.9. The summed E-state index contributed by atoms with van der Waals surface area (Å²) >= 11 is 3.22. The van der Waals surface area contributed by atoms with Crippen molar-refractivity contribution in [2.24, 2.45) is 0 Å². The maximum Gasteiger partial charge on any atom is 0.138 e. The van der Waals surface area contributed by atoms with E-state index in [1.165, 1.54) is 6.92 Å². The summed E-state index contributed by atoms with van der Waals surface area (Å²) in [5.74, 6) is 0. The van der Waals surface area contributed by atoms with Crippen LogP contribution in [-0.4, -0.2) is 12.6 Å². The van der Waals surface area contributed by atoms with Gasteiger partial charge in [-0.1, -0.05) is 46.3 Å². The summed E-state index contributed by atoms with van der Waals surface area (Å²) < 4.78 is 0. The molecular weight excluding hydrogens is 232 g/mol. The maximum atomic E-state index is 10.3. The van der Waals surface area contributed by atoms with Gasteiger partial charge in [0.2, 0.25) is 0 Å². The second-order valence-corrected chi connectivity index (χ2v) is 3.17. The zero-order valence-electron chi connectivity index (χ0n) is 7.31. The number of benzene rings is 1. The van der Waals surface area contributed by atoms with E-state index in [1.807, 2.05) is 30.3 Å². The van der Waals surface area contributed by atoms with Crippen molar-refractivity contribution in [2.75, 3.05) is 0 Å². The molecule has 0 aliphatic rings. The topological polar surface area (TPSA) is 34.1 Å². The first-order valence-electron chi connectivity index (χ1n) is 3.80. The van der Waals surface area contributed by atoms with Crippen LogP contribution in [0.25, 0.3) is 0 Å². The summed E-state index contributed by atoms with van der Waals surface area (Å²) in [5, 5.41) is 0. The van der Waals surface area contributed by atoms with E-state index in [-0.39, 0.29) is 4.83 Å². The Morgan fingerprint density at radius 3 is 2.08 bits per heavy atom. The molecule has 0 aliphatic carbocycles. The molecule has 1 atom stereocenters. The first-order valence-corrected chi connectivity index (χ1v) is 4.72. The van der Waals surface area contributed by atoms with Crippen LogP contribution in [0.15, 0.2) is 30.3 Å². The van der Waals surface area contributed by atoms with E-state index < -0.39 is 0 Å². The third-order valence-electron chi connectivity index (χ3n) is 1.24. The molecule has 1 aromatic rings. The fraction of sp³-hybridized carbons (Fsp3) is 0.200. The molecule has 70 valence electrons. The molecule has 1 aromatic carbocycles. The first kappa shape index (κ1) is 12.0. The lowest BCUT2D eigenvalue weighted by Crippen LogP contribution is -1.88. The lowest BCUT2D eigenvalue weighted by molar-refractivity contribution is -0.107. The average Bonchev–Trinajstić information content (AvgIpc) is 2.19. The van der Waals surface area contributed by atoms with Gasteiger partial charge in [-0.05, 0) is 12.5 Å². The van der Waals surface area contributed by atoms with E-state index in [4.69, 9.17) is 4.79 Å². The molecule has 0 bridgehead atoms. The van der Waals surface area contributed by atoms with Gasteiger partial charge >= 0.3 is 0 Å². The average molecular weight is 243 g/mol. The lowest BCUT2D eigenvalue weighted by Gasteiger charge is -1.98. The van der Waals surface area contributed by atoms with E-state index in [0.29, 0.717) is 0 Å². The molecular formula is C10H11BrO2. The van der Waals surface area contributed by atoms with Crippen molar-refractivity contribution in [1.82, 2.24) is 0 Å². The van der Waals surface area contributed by atoms with E-state index in [1.54, 1.807) is 0 Å². The van der Waals surface area contributed by atoms with Gasteiger partial charge in [0.1, 0.15) is 12.6 Å². The third-order valence-corrected chi connectivity index (χ3v) is 1.98. The highest BCUT2D eigenvalue weighted by molar-refractivity contribution is 9.09. The number of alkyl halides is 1. The smallest absolute Gasteiger partial charge is 0.138 e. The Morgan fingerprint density at radius 2 is 1.69 bits per heavy atom. The van der Waals surface area contributed by atoms with Crippen molar-refractivity contribution in [1.29, 1.82) is 0 Å². The first-order chi connectivity index (χ1) is 6.26. The fourth-order valence-electron chi connectivity index (χ4n) is 0.715. The second-order valence-electron chi connectivity index (χ2n) is 2.18. The van der Waals surface area contributed by atoms with E-state index in [0.717, 1.165) is 18.1 Å². The summed E-state index contributed by atoms with van der Waals surface area (Å²) in [6.07, 6.45) is 1.62. The predicted octanol–water partition coefficient (Wildman–Crippen LogP) is 2.53. The van der Waals surface area contributed by atoms with Crippen molar-refractivity contribution in [3.8, 4) is 0 Å². The Kier molecular flexibility index (Phi) is 7.11. The maximum absolute atomic E-state index is 10.3. The highest BCUT2D eigenvalue weighted by Gasteiger charge is 2.01. The second kappa shape index (κ2) is 7.68. The van der Waals surface area contributed by atoms with Crippen molar-refractivity contribution in [2.45, 2.75) is 11.8 Å². The largest absolute Gasteiger partial charge is 0.304 e. The molecule has 0 saturated heterocycles. The quantitative estimate of drug-likeness (QED) is 0.590. The monoisotopic (exact) mass is 242 g/mol. The minimum atomic E-state index is -0.159. The SMILES string of the molecule is CC=O.O=CC(Br)c1ccccc1.